The van der Waals surface area contributed by atoms with Crippen LogP contribution in [0.2, 0.25) is 0 Å². The van der Waals surface area contributed by atoms with Crippen LogP contribution >= 0.6 is 0 Å². The van der Waals surface area contributed by atoms with Crippen LogP contribution in [0.5, 0.6) is 0 Å². The van der Waals surface area contributed by atoms with Crippen molar-refractivity contribution in [3.8, 4) is 0 Å². The van der Waals surface area contributed by atoms with Crippen LogP contribution in [0.1, 0.15) is 85.9 Å². The summed E-state index contributed by atoms with van der Waals surface area (Å²) in [6.45, 7) is 5.77. The van der Waals surface area contributed by atoms with Gasteiger partial charge in [0.1, 0.15) is 0 Å². The number of unbranched alkanes of at least 4 members (excludes halogenated alkanes) is 6. The maximum atomic E-state index is 12.7. The second kappa shape index (κ2) is 11.7. The van der Waals surface area contributed by atoms with Gasteiger partial charge in [0.05, 0.1) is 0 Å². The number of nitrogens with one attached hydrogen (secondary N) is 2. The number of carbonyl (C=O) groups excluding carboxylic acids is 2. The van der Waals surface area contributed by atoms with E-state index in [2.05, 4.69) is 29.0 Å². The van der Waals surface area contributed by atoms with Crippen molar-refractivity contribution in [3.63, 3.8) is 0 Å². The second-order valence-corrected chi connectivity index (χ2v) is 8.66. The molecule has 2 aromatic carbocycles. The SMILES string of the molecule is CCCCCCNC(=O)c1ccc2c(c1)c1cc(C(=O)NCCCCCC)ccc1n2C. The van der Waals surface area contributed by atoms with E-state index in [9.17, 15) is 9.59 Å². The molecule has 1 aromatic heterocycles. The smallest absolute Gasteiger partial charge is 0.251 e. The summed E-state index contributed by atoms with van der Waals surface area (Å²) in [4.78, 5) is 25.3. The van der Waals surface area contributed by atoms with Crippen LogP contribution in [-0.2, 0) is 7.05 Å². The first-order valence-electron chi connectivity index (χ1n) is 12.2. The zero-order chi connectivity index (χ0) is 22.9. The van der Waals surface area contributed by atoms with E-state index in [1.165, 1.54) is 25.7 Å². The summed E-state index contributed by atoms with van der Waals surface area (Å²) >= 11 is 0. The van der Waals surface area contributed by atoms with Gasteiger partial charge >= 0.3 is 0 Å². The Morgan fingerprint density at radius 3 is 1.53 bits per heavy atom. The largest absolute Gasteiger partial charge is 0.352 e. The lowest BCUT2D eigenvalue weighted by atomic mass is 10.1. The third kappa shape index (κ3) is 5.70. The average molecular weight is 436 g/mol. The summed E-state index contributed by atoms with van der Waals surface area (Å²) in [6, 6.07) is 11.7. The van der Waals surface area contributed by atoms with Crippen LogP contribution in [0.25, 0.3) is 21.8 Å². The summed E-state index contributed by atoms with van der Waals surface area (Å²) in [6.07, 6.45) is 9.07. The van der Waals surface area contributed by atoms with E-state index in [1.807, 2.05) is 43.4 Å². The number of nitrogens with zero attached hydrogens (tertiary/aromatic N) is 1. The van der Waals surface area contributed by atoms with E-state index >= 15 is 0 Å². The number of hydrogen-bond donors (Lipinski definition) is 2. The van der Waals surface area contributed by atoms with E-state index in [1.54, 1.807) is 0 Å². The van der Waals surface area contributed by atoms with Gasteiger partial charge in [-0.05, 0) is 49.2 Å². The number of aryl methyl sites for hydroxylation is 1. The van der Waals surface area contributed by atoms with Crippen molar-refractivity contribution in [2.24, 2.45) is 7.05 Å². The van der Waals surface area contributed by atoms with Crippen molar-refractivity contribution in [2.75, 3.05) is 13.1 Å². The summed E-state index contributed by atoms with van der Waals surface area (Å²) in [5.41, 5.74) is 3.42. The molecule has 5 nitrogen and oxygen atoms in total. The molecule has 3 aromatic rings. The molecule has 2 amide bonds. The maximum absolute atomic E-state index is 12.7. The minimum Gasteiger partial charge on any atom is -0.352 e. The van der Waals surface area contributed by atoms with Gasteiger partial charge in [-0.15, -0.1) is 0 Å². The first-order chi connectivity index (χ1) is 15.6. The van der Waals surface area contributed by atoms with Gasteiger partial charge in [0.2, 0.25) is 0 Å². The Kier molecular flexibility index (Phi) is 8.72. The monoisotopic (exact) mass is 435 g/mol. The van der Waals surface area contributed by atoms with E-state index in [4.69, 9.17) is 0 Å². The minimum absolute atomic E-state index is 0.0404. The Balaban J connectivity index is 1.78. The molecule has 32 heavy (non-hydrogen) atoms. The fourth-order valence-electron chi connectivity index (χ4n) is 4.21. The van der Waals surface area contributed by atoms with Gasteiger partial charge in [-0.3, -0.25) is 9.59 Å². The molecule has 0 radical (unpaired) electrons. The van der Waals surface area contributed by atoms with Crippen molar-refractivity contribution in [3.05, 3.63) is 47.5 Å². The molecule has 2 N–H and O–H groups in total. The van der Waals surface area contributed by atoms with E-state index in [-0.39, 0.29) is 11.8 Å². The van der Waals surface area contributed by atoms with Crippen LogP contribution in [-0.4, -0.2) is 29.5 Å². The van der Waals surface area contributed by atoms with Crippen molar-refractivity contribution in [1.82, 2.24) is 15.2 Å². The molecule has 0 saturated heterocycles. The predicted octanol–water partition coefficient (Wildman–Crippen LogP) is 5.95. The van der Waals surface area contributed by atoms with Gasteiger partial charge in [-0.25, -0.2) is 0 Å². The lowest BCUT2D eigenvalue weighted by Crippen LogP contribution is -2.24. The molecule has 5 heteroatoms. The van der Waals surface area contributed by atoms with Crippen molar-refractivity contribution >= 4 is 33.6 Å². The molecular weight excluding hydrogens is 398 g/mol. The third-order valence-corrected chi connectivity index (χ3v) is 6.16. The Labute approximate surface area is 191 Å². The van der Waals surface area contributed by atoms with Crippen LogP contribution in [0.3, 0.4) is 0 Å². The molecule has 0 bridgehead atoms. The molecule has 0 atom stereocenters. The van der Waals surface area contributed by atoms with E-state index < -0.39 is 0 Å². The van der Waals surface area contributed by atoms with Crippen LogP contribution < -0.4 is 10.6 Å². The average Bonchev–Trinajstić information content (AvgIpc) is 3.09. The molecule has 172 valence electrons. The van der Waals surface area contributed by atoms with Crippen LogP contribution in [0.4, 0.5) is 0 Å². The fourth-order valence-corrected chi connectivity index (χ4v) is 4.21. The number of amides is 2. The van der Waals surface area contributed by atoms with Gasteiger partial charge in [0.25, 0.3) is 11.8 Å². The van der Waals surface area contributed by atoms with Gasteiger partial charge in [0, 0.05) is 53.1 Å². The van der Waals surface area contributed by atoms with Gasteiger partial charge in [0.15, 0.2) is 0 Å². The van der Waals surface area contributed by atoms with Gasteiger partial charge in [-0.2, -0.15) is 0 Å². The zero-order valence-corrected chi connectivity index (χ0v) is 19.8. The number of hydrogen-bond acceptors (Lipinski definition) is 2. The topological polar surface area (TPSA) is 63.1 Å². The molecule has 0 aliphatic carbocycles. The molecule has 0 aliphatic heterocycles. The first kappa shape index (κ1) is 23.8. The van der Waals surface area contributed by atoms with Crippen molar-refractivity contribution < 1.29 is 9.59 Å². The molecule has 3 rings (SSSR count). The molecule has 0 aliphatic rings. The van der Waals surface area contributed by atoms with E-state index in [0.717, 1.165) is 47.5 Å². The van der Waals surface area contributed by atoms with Crippen LogP contribution in [0, 0.1) is 0 Å². The lowest BCUT2D eigenvalue weighted by Gasteiger charge is -2.06. The maximum Gasteiger partial charge on any atom is 0.251 e. The molecule has 0 unspecified atom stereocenters. The Morgan fingerprint density at radius 1 is 0.688 bits per heavy atom. The number of rotatable bonds is 12. The molecular formula is C27H37N3O2. The van der Waals surface area contributed by atoms with Crippen molar-refractivity contribution in [1.29, 1.82) is 0 Å². The van der Waals surface area contributed by atoms with Crippen molar-refractivity contribution in [2.45, 2.75) is 65.2 Å². The highest BCUT2D eigenvalue weighted by Gasteiger charge is 2.14. The standard InChI is InChI=1S/C27H37N3O2/c1-4-6-8-10-16-28-26(31)20-12-14-24-22(18-20)23-19-21(13-15-25(23)30(24)3)27(32)29-17-11-9-7-5-2/h12-15,18-19H,4-11,16-17H2,1-3H3,(H,28,31)(H,29,32). The second-order valence-electron chi connectivity index (χ2n) is 8.66. The minimum atomic E-state index is -0.0404. The summed E-state index contributed by atoms with van der Waals surface area (Å²) in [7, 11) is 2.02. The van der Waals surface area contributed by atoms with Gasteiger partial charge < -0.3 is 15.2 Å². The normalized spacial score (nSPS) is 11.2. The predicted molar refractivity (Wildman–Crippen MR) is 133 cm³/mol. The van der Waals surface area contributed by atoms with Crippen LogP contribution in [0.15, 0.2) is 36.4 Å². The third-order valence-electron chi connectivity index (χ3n) is 6.16. The first-order valence-corrected chi connectivity index (χ1v) is 12.2. The quantitative estimate of drug-likeness (QED) is 0.345. The number of carbonyl (C=O) groups is 2. The molecule has 0 spiro atoms. The van der Waals surface area contributed by atoms with Gasteiger partial charge in [-0.1, -0.05) is 52.4 Å². The fraction of sp³-hybridized carbons (Fsp3) is 0.481. The Hall–Kier alpha value is -2.82. The summed E-state index contributed by atoms with van der Waals surface area (Å²) in [5, 5.41) is 8.07. The Morgan fingerprint density at radius 2 is 1.12 bits per heavy atom. The highest BCUT2D eigenvalue weighted by molar-refractivity contribution is 6.12. The number of benzene rings is 2. The number of aromatic nitrogens is 1. The number of fused-ring (bicyclic) bond motifs is 3. The van der Waals surface area contributed by atoms with E-state index in [0.29, 0.717) is 24.2 Å². The highest BCUT2D eigenvalue weighted by atomic mass is 16.2. The zero-order valence-electron chi connectivity index (χ0n) is 19.8. The summed E-state index contributed by atoms with van der Waals surface area (Å²) in [5.74, 6) is -0.0808. The Bertz CT molecular complexity index is 984. The molecule has 1 heterocycles. The molecule has 0 fully saturated rings. The highest BCUT2D eigenvalue weighted by Crippen LogP contribution is 2.30. The molecule has 0 saturated carbocycles. The summed E-state index contributed by atoms with van der Waals surface area (Å²) < 4.78 is 2.11. The lowest BCUT2D eigenvalue weighted by molar-refractivity contribution is 0.0945.